The van der Waals surface area contributed by atoms with Gasteiger partial charge in [0.05, 0.1) is 0 Å². The molecule has 0 aliphatic rings. The highest BCUT2D eigenvalue weighted by atomic mass is 16.2. The van der Waals surface area contributed by atoms with Crippen molar-refractivity contribution >= 4 is 23.2 Å². The maximum Gasteiger partial charge on any atom is 0.258 e. The van der Waals surface area contributed by atoms with Gasteiger partial charge in [-0.1, -0.05) is 35.9 Å². The van der Waals surface area contributed by atoms with Crippen molar-refractivity contribution in [2.24, 2.45) is 0 Å². The molecule has 4 heteroatoms. The van der Waals surface area contributed by atoms with E-state index in [2.05, 4.69) is 11.4 Å². The van der Waals surface area contributed by atoms with Gasteiger partial charge in [-0.2, -0.15) is 0 Å². The van der Waals surface area contributed by atoms with Gasteiger partial charge in [-0.25, -0.2) is 0 Å². The van der Waals surface area contributed by atoms with Crippen LogP contribution in [0.5, 0.6) is 0 Å². The van der Waals surface area contributed by atoms with Crippen molar-refractivity contribution in [3.05, 3.63) is 95.1 Å². The number of nitrogens with one attached hydrogen (secondary N) is 1. The Bertz CT molecular complexity index is 979. The van der Waals surface area contributed by atoms with E-state index in [1.807, 2.05) is 51.1 Å². The zero-order valence-electron chi connectivity index (χ0n) is 16.4. The zero-order valence-corrected chi connectivity index (χ0v) is 16.4. The number of aryl methyl sites for hydroxylation is 2. The fourth-order valence-corrected chi connectivity index (χ4v) is 3.18. The smallest absolute Gasteiger partial charge is 0.258 e. The Labute approximate surface area is 165 Å². The third-order valence-corrected chi connectivity index (χ3v) is 4.63. The van der Waals surface area contributed by atoms with Crippen molar-refractivity contribution in [1.29, 1.82) is 0 Å². The standard InChI is InChI=1S/C24H24N2O2/c1-4-26(22-15-10-17(2)16-18(22)3)24(28)20-11-13-21(14-12-20)25-23(27)19-8-6-5-7-9-19/h5-16H,4H2,1-3H3,(H,25,27). The van der Waals surface area contributed by atoms with Gasteiger partial charge >= 0.3 is 0 Å². The molecule has 142 valence electrons. The predicted molar refractivity (Wildman–Crippen MR) is 114 cm³/mol. The number of amides is 2. The van der Waals surface area contributed by atoms with Crippen LogP contribution in [0.15, 0.2) is 72.8 Å². The van der Waals surface area contributed by atoms with Crippen LogP contribution in [0, 0.1) is 13.8 Å². The number of hydrogen-bond acceptors (Lipinski definition) is 2. The van der Waals surface area contributed by atoms with Crippen LogP contribution < -0.4 is 10.2 Å². The van der Waals surface area contributed by atoms with Gasteiger partial charge in [-0.15, -0.1) is 0 Å². The molecule has 0 spiro atoms. The molecule has 0 heterocycles. The summed E-state index contributed by atoms with van der Waals surface area (Å²) in [6, 6.07) is 22.1. The number of anilines is 2. The molecule has 4 nitrogen and oxygen atoms in total. The molecule has 0 atom stereocenters. The SMILES string of the molecule is CCN(C(=O)c1ccc(NC(=O)c2ccccc2)cc1)c1ccc(C)cc1C. The Morgan fingerprint density at radius 2 is 1.54 bits per heavy atom. The molecule has 0 bridgehead atoms. The van der Waals surface area contributed by atoms with E-state index in [1.54, 1.807) is 41.3 Å². The maximum absolute atomic E-state index is 13.0. The Hall–Kier alpha value is -3.40. The van der Waals surface area contributed by atoms with Crippen molar-refractivity contribution < 1.29 is 9.59 Å². The molecule has 0 aromatic heterocycles. The quantitative estimate of drug-likeness (QED) is 0.667. The van der Waals surface area contributed by atoms with Gasteiger partial charge in [0.25, 0.3) is 11.8 Å². The number of nitrogens with zero attached hydrogens (tertiary/aromatic N) is 1. The average molecular weight is 372 g/mol. The molecule has 0 fully saturated rings. The molecule has 3 aromatic rings. The van der Waals surface area contributed by atoms with E-state index < -0.39 is 0 Å². The summed E-state index contributed by atoms with van der Waals surface area (Å²) in [6.45, 7) is 6.60. The number of benzene rings is 3. The lowest BCUT2D eigenvalue weighted by atomic mass is 10.1. The van der Waals surface area contributed by atoms with Crippen molar-refractivity contribution in [2.75, 3.05) is 16.8 Å². The molecule has 2 amide bonds. The molecule has 0 aliphatic heterocycles. The third kappa shape index (κ3) is 4.29. The number of rotatable bonds is 5. The van der Waals surface area contributed by atoms with Crippen molar-refractivity contribution in [3.8, 4) is 0 Å². The van der Waals surface area contributed by atoms with Gasteiger partial charge in [-0.3, -0.25) is 9.59 Å². The van der Waals surface area contributed by atoms with Gasteiger partial charge in [0.2, 0.25) is 0 Å². The summed E-state index contributed by atoms with van der Waals surface area (Å²) < 4.78 is 0. The van der Waals surface area contributed by atoms with Crippen molar-refractivity contribution in [1.82, 2.24) is 0 Å². The number of carbonyl (C=O) groups excluding carboxylic acids is 2. The molecule has 3 rings (SSSR count). The zero-order chi connectivity index (χ0) is 20.1. The molecule has 1 N–H and O–H groups in total. The molecule has 3 aromatic carbocycles. The number of carbonyl (C=O) groups is 2. The maximum atomic E-state index is 13.0. The second-order valence-electron chi connectivity index (χ2n) is 6.74. The lowest BCUT2D eigenvalue weighted by molar-refractivity contribution is 0.0987. The predicted octanol–water partition coefficient (Wildman–Crippen LogP) is 5.22. The highest BCUT2D eigenvalue weighted by molar-refractivity contribution is 6.07. The third-order valence-electron chi connectivity index (χ3n) is 4.63. The molecule has 0 saturated carbocycles. The van der Waals surface area contributed by atoms with Crippen LogP contribution in [0.1, 0.15) is 38.8 Å². The van der Waals surface area contributed by atoms with Gasteiger partial charge in [0.15, 0.2) is 0 Å². The van der Waals surface area contributed by atoms with Crippen molar-refractivity contribution in [2.45, 2.75) is 20.8 Å². The Balaban J connectivity index is 1.76. The van der Waals surface area contributed by atoms with E-state index in [4.69, 9.17) is 0 Å². The first-order valence-corrected chi connectivity index (χ1v) is 9.35. The first-order chi connectivity index (χ1) is 13.5. The largest absolute Gasteiger partial charge is 0.322 e. The van der Waals surface area contributed by atoms with Gasteiger partial charge in [-0.05, 0) is 68.8 Å². The summed E-state index contributed by atoms with van der Waals surface area (Å²) in [6.07, 6.45) is 0. The van der Waals surface area contributed by atoms with Crippen LogP contribution in [0.3, 0.4) is 0 Å². The van der Waals surface area contributed by atoms with E-state index in [0.717, 1.165) is 11.3 Å². The van der Waals surface area contributed by atoms with Gasteiger partial charge in [0.1, 0.15) is 0 Å². The lowest BCUT2D eigenvalue weighted by Crippen LogP contribution is -2.31. The fraction of sp³-hybridized carbons (Fsp3) is 0.167. The topological polar surface area (TPSA) is 49.4 Å². The van der Waals surface area contributed by atoms with E-state index in [-0.39, 0.29) is 11.8 Å². The van der Waals surface area contributed by atoms with Gasteiger partial charge < -0.3 is 10.2 Å². The minimum absolute atomic E-state index is 0.0598. The molecule has 0 radical (unpaired) electrons. The van der Waals surface area contributed by atoms with Crippen LogP contribution in [0.4, 0.5) is 11.4 Å². The van der Waals surface area contributed by atoms with Crippen LogP contribution in [0.25, 0.3) is 0 Å². The van der Waals surface area contributed by atoms with Crippen LogP contribution >= 0.6 is 0 Å². The summed E-state index contributed by atoms with van der Waals surface area (Å²) in [5, 5.41) is 2.85. The molecule has 28 heavy (non-hydrogen) atoms. The second-order valence-corrected chi connectivity index (χ2v) is 6.74. The first kappa shape index (κ1) is 19.4. The summed E-state index contributed by atoms with van der Waals surface area (Å²) in [7, 11) is 0. The summed E-state index contributed by atoms with van der Waals surface area (Å²) in [5.41, 5.74) is 4.99. The lowest BCUT2D eigenvalue weighted by Gasteiger charge is -2.23. The van der Waals surface area contributed by atoms with E-state index >= 15 is 0 Å². The van der Waals surface area contributed by atoms with E-state index in [9.17, 15) is 9.59 Å². The van der Waals surface area contributed by atoms with Crippen LogP contribution in [-0.2, 0) is 0 Å². The normalized spacial score (nSPS) is 10.4. The average Bonchev–Trinajstić information content (AvgIpc) is 2.71. The van der Waals surface area contributed by atoms with E-state index in [0.29, 0.717) is 23.4 Å². The molecular formula is C24H24N2O2. The highest BCUT2D eigenvalue weighted by Crippen LogP contribution is 2.23. The minimum Gasteiger partial charge on any atom is -0.322 e. The number of hydrogen-bond donors (Lipinski definition) is 1. The molecule has 0 saturated heterocycles. The minimum atomic E-state index is -0.176. The molecule has 0 unspecified atom stereocenters. The first-order valence-electron chi connectivity index (χ1n) is 9.35. The Kier molecular flexibility index (Phi) is 5.90. The monoisotopic (exact) mass is 372 g/mol. The summed E-state index contributed by atoms with van der Waals surface area (Å²) in [4.78, 5) is 27.0. The van der Waals surface area contributed by atoms with Crippen molar-refractivity contribution in [3.63, 3.8) is 0 Å². The molecular weight excluding hydrogens is 348 g/mol. The Morgan fingerprint density at radius 1 is 0.857 bits per heavy atom. The van der Waals surface area contributed by atoms with Gasteiger partial charge in [0, 0.05) is 29.0 Å². The van der Waals surface area contributed by atoms with E-state index in [1.165, 1.54) is 5.56 Å². The van der Waals surface area contributed by atoms with Crippen LogP contribution in [0.2, 0.25) is 0 Å². The summed E-state index contributed by atoms with van der Waals surface area (Å²) in [5.74, 6) is -0.236. The molecule has 0 aliphatic carbocycles. The summed E-state index contributed by atoms with van der Waals surface area (Å²) >= 11 is 0. The second kappa shape index (κ2) is 8.53. The highest BCUT2D eigenvalue weighted by Gasteiger charge is 2.18. The Morgan fingerprint density at radius 3 is 2.14 bits per heavy atom. The fourth-order valence-electron chi connectivity index (χ4n) is 3.18. The van der Waals surface area contributed by atoms with Crippen LogP contribution in [-0.4, -0.2) is 18.4 Å².